The molecule has 10 aromatic rings. The normalized spacial score (nSPS) is 11.1. The van der Waals surface area contributed by atoms with Crippen LogP contribution < -0.4 is 0 Å². The van der Waals surface area contributed by atoms with Crippen LogP contribution in [-0.2, 0) is 17.1 Å². The number of nitrogens with zero attached hydrogens (tertiary/aromatic N) is 6. The Morgan fingerprint density at radius 3 is 0.755 bits per heavy atom. The van der Waals surface area contributed by atoms with Gasteiger partial charge in [-0.15, -0.1) is 0 Å². The third-order valence-corrected chi connectivity index (χ3v) is 8.03. The Hall–Kier alpha value is -6.42. The summed E-state index contributed by atoms with van der Waals surface area (Å²) in [7, 11) is 0. The first-order chi connectivity index (χ1) is 23.7. The molecule has 0 spiro atoms. The van der Waals surface area contributed by atoms with Crippen LogP contribution in [0.25, 0.3) is 90.2 Å². The number of aromatic nitrogens is 10. The fourth-order valence-corrected chi connectivity index (χ4v) is 5.69. The maximum atomic E-state index is 4.72. The van der Waals surface area contributed by atoms with E-state index in [1.54, 1.807) is 0 Å². The third kappa shape index (κ3) is 5.84. The maximum absolute atomic E-state index is 4.72. The first-order valence-electron chi connectivity index (χ1n) is 15.5. The van der Waals surface area contributed by atoms with E-state index in [-0.39, 0.29) is 17.1 Å². The largest absolute Gasteiger partial charge is 0.337 e. The summed E-state index contributed by atoms with van der Waals surface area (Å²) < 4.78 is 0. The van der Waals surface area contributed by atoms with Crippen LogP contribution in [0.4, 0.5) is 0 Å². The van der Waals surface area contributed by atoms with Gasteiger partial charge < -0.3 is 19.9 Å². The van der Waals surface area contributed by atoms with Crippen LogP contribution in [0, 0.1) is 0 Å². The molecule has 1 radical (unpaired) electrons. The SMILES string of the molecule is [Mn].c1cc(-c2nc3ccccc3[nH]2)nc(-c2nc3ccccc3[nH]2)c1.c1cc(-c2nc3ccccc3[nH]2)nc(-c2nc3ccccc3[nH]2)c1. The molecule has 4 N–H and O–H groups in total. The van der Waals surface area contributed by atoms with Crippen molar-refractivity contribution in [1.29, 1.82) is 0 Å². The minimum Gasteiger partial charge on any atom is -0.337 e. The molecule has 0 saturated heterocycles. The van der Waals surface area contributed by atoms with Gasteiger partial charge in [-0.05, 0) is 72.8 Å². The molecule has 0 aliphatic heterocycles. The molecule has 10 nitrogen and oxygen atoms in total. The topological polar surface area (TPSA) is 140 Å². The second-order valence-electron chi connectivity index (χ2n) is 11.2. The minimum atomic E-state index is 0. The number of rotatable bonds is 4. The molecule has 0 saturated carbocycles. The monoisotopic (exact) mass is 677 g/mol. The van der Waals surface area contributed by atoms with E-state index in [4.69, 9.17) is 9.97 Å². The predicted molar refractivity (Wildman–Crippen MR) is 189 cm³/mol. The number of para-hydroxylation sites is 8. The minimum absolute atomic E-state index is 0. The number of benzene rings is 4. The van der Waals surface area contributed by atoms with E-state index in [0.717, 1.165) is 90.2 Å². The molecule has 11 heteroatoms. The van der Waals surface area contributed by atoms with Gasteiger partial charge in [0.25, 0.3) is 0 Å². The number of H-pyrrole nitrogens is 4. The smallest absolute Gasteiger partial charge is 0.157 e. The number of imidazole rings is 4. The van der Waals surface area contributed by atoms with Crippen LogP contribution in [0.3, 0.4) is 0 Å². The van der Waals surface area contributed by atoms with Crippen LogP contribution in [0.15, 0.2) is 133 Å². The van der Waals surface area contributed by atoms with Crippen molar-refractivity contribution in [2.75, 3.05) is 0 Å². The first-order valence-corrected chi connectivity index (χ1v) is 15.5. The first kappa shape index (κ1) is 29.9. The van der Waals surface area contributed by atoms with Crippen LogP contribution in [0.2, 0.25) is 0 Å². The standard InChI is InChI=1S/2C19H13N5.Mn/c2*1-2-7-13-12(6-1)21-18(22-13)16-10-5-11-17(20-16)19-23-14-8-3-4-9-15(14)24-19;/h2*1-11H,(H,21,22)(H,23,24);. The maximum Gasteiger partial charge on any atom is 0.157 e. The Bertz CT molecular complexity index is 2220. The van der Waals surface area contributed by atoms with E-state index in [0.29, 0.717) is 0 Å². The fourth-order valence-electron chi connectivity index (χ4n) is 5.69. The number of hydrogen-bond donors (Lipinski definition) is 4. The molecule has 0 bridgehead atoms. The van der Waals surface area contributed by atoms with Crippen molar-refractivity contribution in [2.24, 2.45) is 0 Å². The fraction of sp³-hybridized carbons (Fsp3) is 0. The summed E-state index contributed by atoms with van der Waals surface area (Å²) in [6.45, 7) is 0. The van der Waals surface area contributed by atoms with E-state index < -0.39 is 0 Å². The zero-order valence-corrected chi connectivity index (χ0v) is 26.9. The summed E-state index contributed by atoms with van der Waals surface area (Å²) in [6, 6.07) is 43.6. The second-order valence-corrected chi connectivity index (χ2v) is 11.2. The van der Waals surface area contributed by atoms with E-state index >= 15 is 0 Å². The molecule has 0 unspecified atom stereocenters. The molecule has 6 aromatic heterocycles. The molecule has 0 aliphatic carbocycles. The van der Waals surface area contributed by atoms with Gasteiger partial charge in [0, 0.05) is 17.1 Å². The zero-order chi connectivity index (χ0) is 31.9. The number of hydrogen-bond acceptors (Lipinski definition) is 6. The van der Waals surface area contributed by atoms with Crippen LogP contribution in [0.1, 0.15) is 0 Å². The van der Waals surface area contributed by atoms with E-state index in [1.165, 1.54) is 0 Å². The Morgan fingerprint density at radius 2 is 0.510 bits per heavy atom. The van der Waals surface area contributed by atoms with Crippen LogP contribution in [-0.4, -0.2) is 49.8 Å². The molecular weight excluding hydrogens is 651 g/mol. The second kappa shape index (κ2) is 12.6. The van der Waals surface area contributed by atoms with Gasteiger partial charge in [-0.3, -0.25) is 0 Å². The van der Waals surface area contributed by atoms with Crippen molar-refractivity contribution in [2.45, 2.75) is 0 Å². The molecule has 0 fully saturated rings. The van der Waals surface area contributed by atoms with Crippen molar-refractivity contribution < 1.29 is 17.1 Å². The average Bonchev–Trinajstić information content (AvgIpc) is 3.95. The molecule has 0 aliphatic rings. The predicted octanol–water partition coefficient (Wildman–Crippen LogP) is 8.33. The zero-order valence-electron chi connectivity index (χ0n) is 25.8. The Labute approximate surface area is 289 Å². The molecule has 235 valence electrons. The van der Waals surface area contributed by atoms with E-state index in [9.17, 15) is 0 Å². The van der Waals surface area contributed by atoms with E-state index in [1.807, 2.05) is 133 Å². The molecule has 49 heavy (non-hydrogen) atoms. The summed E-state index contributed by atoms with van der Waals surface area (Å²) in [4.78, 5) is 41.1. The molecule has 10 rings (SSSR count). The molecular formula is C38H26MnN10. The van der Waals surface area contributed by atoms with Gasteiger partial charge in [0.2, 0.25) is 0 Å². The van der Waals surface area contributed by atoms with Gasteiger partial charge in [-0.25, -0.2) is 29.9 Å². The molecule has 4 aromatic carbocycles. The van der Waals surface area contributed by atoms with Gasteiger partial charge in [0.15, 0.2) is 23.3 Å². The molecule has 0 atom stereocenters. The number of nitrogens with one attached hydrogen (secondary N) is 4. The van der Waals surface area contributed by atoms with Gasteiger partial charge in [0.05, 0.1) is 44.1 Å². The Morgan fingerprint density at radius 1 is 0.265 bits per heavy atom. The van der Waals surface area contributed by atoms with Gasteiger partial charge in [0.1, 0.15) is 22.8 Å². The van der Waals surface area contributed by atoms with E-state index in [2.05, 4.69) is 39.9 Å². The van der Waals surface area contributed by atoms with Crippen molar-refractivity contribution in [3.8, 4) is 46.1 Å². The summed E-state index contributed by atoms with van der Waals surface area (Å²) in [5.74, 6) is 3.03. The van der Waals surface area contributed by atoms with Crippen LogP contribution in [0.5, 0.6) is 0 Å². The van der Waals surface area contributed by atoms with Crippen molar-refractivity contribution in [3.63, 3.8) is 0 Å². The summed E-state index contributed by atoms with van der Waals surface area (Å²) >= 11 is 0. The number of pyridine rings is 2. The Kier molecular flexibility index (Phi) is 7.73. The summed E-state index contributed by atoms with van der Waals surface area (Å²) in [6.07, 6.45) is 0. The summed E-state index contributed by atoms with van der Waals surface area (Å²) in [5, 5.41) is 0. The van der Waals surface area contributed by atoms with Gasteiger partial charge >= 0.3 is 0 Å². The van der Waals surface area contributed by atoms with Crippen molar-refractivity contribution in [3.05, 3.63) is 133 Å². The van der Waals surface area contributed by atoms with Crippen molar-refractivity contribution >= 4 is 44.1 Å². The number of fused-ring (bicyclic) bond motifs is 4. The van der Waals surface area contributed by atoms with Gasteiger partial charge in [-0.1, -0.05) is 60.7 Å². The quantitative estimate of drug-likeness (QED) is 0.138. The number of aromatic amines is 4. The third-order valence-electron chi connectivity index (χ3n) is 8.03. The molecule has 6 heterocycles. The Balaban J connectivity index is 0.000000139. The van der Waals surface area contributed by atoms with Gasteiger partial charge in [-0.2, -0.15) is 0 Å². The van der Waals surface area contributed by atoms with Crippen LogP contribution >= 0.6 is 0 Å². The summed E-state index contributed by atoms with van der Waals surface area (Å²) in [5.41, 5.74) is 10.9. The molecule has 0 amide bonds. The average molecular weight is 678 g/mol. The van der Waals surface area contributed by atoms with Crippen molar-refractivity contribution in [1.82, 2.24) is 49.8 Å².